The third-order valence-corrected chi connectivity index (χ3v) is 2.96. The van der Waals surface area contributed by atoms with Crippen molar-refractivity contribution in [1.29, 1.82) is 0 Å². The van der Waals surface area contributed by atoms with Crippen molar-refractivity contribution in [2.75, 3.05) is 13.1 Å². The molecule has 5 nitrogen and oxygen atoms in total. The van der Waals surface area contributed by atoms with E-state index in [4.69, 9.17) is 0 Å². The molecular formula is C12H24N2O3. The molecule has 0 fully saturated rings. The van der Waals surface area contributed by atoms with Gasteiger partial charge in [-0.2, -0.15) is 0 Å². The number of rotatable bonds is 5. The Bertz CT molecular complexity index is 287. The summed E-state index contributed by atoms with van der Waals surface area (Å²) in [5.41, 5.74) is -1.19. The lowest BCUT2D eigenvalue weighted by Crippen LogP contribution is -2.58. The minimum atomic E-state index is -1.19. The summed E-state index contributed by atoms with van der Waals surface area (Å²) in [6.07, 6.45) is 0. The van der Waals surface area contributed by atoms with Crippen molar-refractivity contribution in [2.45, 2.75) is 53.1 Å². The summed E-state index contributed by atoms with van der Waals surface area (Å²) < 4.78 is 0. The van der Waals surface area contributed by atoms with Crippen molar-refractivity contribution < 1.29 is 14.7 Å². The summed E-state index contributed by atoms with van der Waals surface area (Å²) in [5, 5.41) is 9.17. The first kappa shape index (κ1) is 15.7. The number of urea groups is 1. The molecule has 0 spiro atoms. The van der Waals surface area contributed by atoms with Crippen molar-refractivity contribution in [3.63, 3.8) is 0 Å². The average molecular weight is 244 g/mol. The van der Waals surface area contributed by atoms with Crippen LogP contribution in [0.15, 0.2) is 0 Å². The molecule has 5 heteroatoms. The van der Waals surface area contributed by atoms with E-state index in [0.29, 0.717) is 13.1 Å². The average Bonchev–Trinajstić information content (AvgIpc) is 2.18. The van der Waals surface area contributed by atoms with Gasteiger partial charge in [-0.3, -0.25) is 0 Å². The van der Waals surface area contributed by atoms with Crippen LogP contribution in [0.25, 0.3) is 0 Å². The molecule has 0 aromatic heterocycles. The molecule has 0 radical (unpaired) electrons. The van der Waals surface area contributed by atoms with Crippen LogP contribution in [0.1, 0.15) is 41.5 Å². The third-order valence-electron chi connectivity index (χ3n) is 2.96. The Morgan fingerprint density at radius 1 is 1.18 bits per heavy atom. The van der Waals surface area contributed by atoms with Gasteiger partial charge in [0.25, 0.3) is 0 Å². The SMILES string of the molecule is CCN(C(=O)N(CC)C(C)(C)C(=O)O)C(C)C. The van der Waals surface area contributed by atoms with Gasteiger partial charge in [-0.05, 0) is 41.5 Å². The summed E-state index contributed by atoms with van der Waals surface area (Å²) in [6.45, 7) is 11.6. The standard InChI is InChI=1S/C12H24N2O3/c1-7-13(9(3)4)11(17)14(8-2)12(5,6)10(15)16/h9H,7-8H2,1-6H3,(H,15,16). The number of amides is 2. The molecule has 0 aliphatic carbocycles. The van der Waals surface area contributed by atoms with Crippen molar-refractivity contribution in [2.24, 2.45) is 0 Å². The largest absolute Gasteiger partial charge is 0.480 e. The fourth-order valence-corrected chi connectivity index (χ4v) is 1.76. The lowest BCUT2D eigenvalue weighted by molar-refractivity contribution is -0.147. The number of carbonyl (C=O) groups excluding carboxylic acids is 1. The molecule has 1 N–H and O–H groups in total. The summed E-state index contributed by atoms with van der Waals surface area (Å²) in [4.78, 5) is 26.5. The zero-order valence-corrected chi connectivity index (χ0v) is 11.6. The number of aliphatic carboxylic acids is 1. The second-order valence-electron chi connectivity index (χ2n) is 4.77. The number of nitrogens with zero attached hydrogens (tertiary/aromatic N) is 2. The molecule has 100 valence electrons. The number of carboxylic acid groups (broad SMARTS) is 1. The fourth-order valence-electron chi connectivity index (χ4n) is 1.76. The highest BCUT2D eigenvalue weighted by atomic mass is 16.4. The van der Waals surface area contributed by atoms with Gasteiger partial charge in [0.15, 0.2) is 0 Å². The molecule has 0 saturated carbocycles. The van der Waals surface area contributed by atoms with Gasteiger partial charge < -0.3 is 14.9 Å². The monoisotopic (exact) mass is 244 g/mol. The van der Waals surface area contributed by atoms with E-state index in [0.717, 1.165) is 0 Å². The van der Waals surface area contributed by atoms with Crippen LogP contribution in [0, 0.1) is 0 Å². The second kappa shape index (κ2) is 5.89. The third kappa shape index (κ3) is 3.35. The summed E-state index contributed by atoms with van der Waals surface area (Å²) in [6, 6.07) is -0.163. The summed E-state index contributed by atoms with van der Waals surface area (Å²) >= 11 is 0. The zero-order valence-electron chi connectivity index (χ0n) is 11.6. The molecule has 0 aromatic rings. The first-order chi connectivity index (χ1) is 7.69. The van der Waals surface area contributed by atoms with E-state index in [1.165, 1.54) is 4.90 Å². The molecular weight excluding hydrogens is 220 g/mol. The summed E-state index contributed by atoms with van der Waals surface area (Å²) in [7, 11) is 0. The Hall–Kier alpha value is -1.26. The van der Waals surface area contributed by atoms with Crippen LogP contribution in [0.3, 0.4) is 0 Å². The fraction of sp³-hybridized carbons (Fsp3) is 0.833. The normalized spacial score (nSPS) is 11.5. The van der Waals surface area contributed by atoms with Gasteiger partial charge in [0.1, 0.15) is 5.54 Å². The van der Waals surface area contributed by atoms with E-state index in [-0.39, 0.29) is 12.1 Å². The highest BCUT2D eigenvalue weighted by Gasteiger charge is 2.38. The van der Waals surface area contributed by atoms with Gasteiger partial charge in [0.05, 0.1) is 0 Å². The molecule has 0 aliphatic rings. The molecule has 0 saturated heterocycles. The van der Waals surface area contributed by atoms with Gasteiger partial charge in [-0.1, -0.05) is 0 Å². The minimum absolute atomic E-state index is 0.0612. The smallest absolute Gasteiger partial charge is 0.329 e. The Balaban J connectivity index is 5.14. The lowest BCUT2D eigenvalue weighted by Gasteiger charge is -2.39. The predicted molar refractivity (Wildman–Crippen MR) is 67.0 cm³/mol. The lowest BCUT2D eigenvalue weighted by atomic mass is 10.0. The molecule has 0 heterocycles. The Kier molecular flexibility index (Phi) is 5.45. The Labute approximate surface area is 103 Å². The highest BCUT2D eigenvalue weighted by Crippen LogP contribution is 2.18. The van der Waals surface area contributed by atoms with Gasteiger partial charge in [-0.15, -0.1) is 0 Å². The van der Waals surface area contributed by atoms with Crippen LogP contribution in [0.4, 0.5) is 4.79 Å². The Morgan fingerprint density at radius 3 is 1.88 bits per heavy atom. The highest BCUT2D eigenvalue weighted by molar-refractivity contribution is 5.85. The molecule has 0 aliphatic heterocycles. The first-order valence-corrected chi connectivity index (χ1v) is 6.01. The van der Waals surface area contributed by atoms with E-state index < -0.39 is 11.5 Å². The molecule has 17 heavy (non-hydrogen) atoms. The number of carboxylic acids is 1. The topological polar surface area (TPSA) is 60.9 Å². The van der Waals surface area contributed by atoms with E-state index in [2.05, 4.69) is 0 Å². The molecule has 0 rings (SSSR count). The van der Waals surface area contributed by atoms with Crippen LogP contribution in [0.5, 0.6) is 0 Å². The predicted octanol–water partition coefficient (Wildman–Crippen LogP) is 2.02. The van der Waals surface area contributed by atoms with E-state index in [1.807, 2.05) is 20.8 Å². The summed E-state index contributed by atoms with van der Waals surface area (Å²) in [5.74, 6) is -0.993. The van der Waals surface area contributed by atoms with Crippen LogP contribution in [-0.2, 0) is 4.79 Å². The zero-order chi connectivity index (χ0) is 13.8. The maximum absolute atomic E-state index is 12.3. The Morgan fingerprint density at radius 2 is 1.65 bits per heavy atom. The van der Waals surface area contributed by atoms with Crippen LogP contribution < -0.4 is 0 Å². The number of likely N-dealkylation sites (N-methyl/N-ethyl adjacent to an activating group) is 1. The first-order valence-electron chi connectivity index (χ1n) is 6.01. The van der Waals surface area contributed by atoms with Gasteiger partial charge >= 0.3 is 12.0 Å². The van der Waals surface area contributed by atoms with Crippen LogP contribution >= 0.6 is 0 Å². The van der Waals surface area contributed by atoms with E-state index in [1.54, 1.807) is 25.7 Å². The minimum Gasteiger partial charge on any atom is -0.480 e. The molecule has 0 bridgehead atoms. The number of hydrogen-bond donors (Lipinski definition) is 1. The van der Waals surface area contributed by atoms with E-state index in [9.17, 15) is 14.7 Å². The number of hydrogen-bond acceptors (Lipinski definition) is 2. The van der Waals surface area contributed by atoms with Crippen molar-refractivity contribution in [3.8, 4) is 0 Å². The van der Waals surface area contributed by atoms with Gasteiger partial charge in [-0.25, -0.2) is 9.59 Å². The second-order valence-corrected chi connectivity index (χ2v) is 4.77. The molecule has 2 amide bonds. The maximum atomic E-state index is 12.3. The van der Waals surface area contributed by atoms with Gasteiger partial charge in [0.2, 0.25) is 0 Å². The van der Waals surface area contributed by atoms with Crippen molar-refractivity contribution >= 4 is 12.0 Å². The quantitative estimate of drug-likeness (QED) is 0.805. The van der Waals surface area contributed by atoms with Crippen LogP contribution in [0.2, 0.25) is 0 Å². The number of carbonyl (C=O) groups is 2. The van der Waals surface area contributed by atoms with Crippen molar-refractivity contribution in [3.05, 3.63) is 0 Å². The van der Waals surface area contributed by atoms with E-state index >= 15 is 0 Å². The van der Waals surface area contributed by atoms with Crippen LogP contribution in [-0.4, -0.2) is 51.6 Å². The molecule has 0 aromatic carbocycles. The molecule has 0 atom stereocenters. The molecule has 0 unspecified atom stereocenters. The van der Waals surface area contributed by atoms with Crippen molar-refractivity contribution in [1.82, 2.24) is 9.80 Å². The van der Waals surface area contributed by atoms with Gasteiger partial charge in [0, 0.05) is 19.1 Å². The maximum Gasteiger partial charge on any atom is 0.329 e.